The summed E-state index contributed by atoms with van der Waals surface area (Å²) >= 11 is 0. The average Bonchev–Trinajstić information content (AvgIpc) is 2.78. The summed E-state index contributed by atoms with van der Waals surface area (Å²) in [5.41, 5.74) is 0.659. The number of piperazine rings is 1. The summed E-state index contributed by atoms with van der Waals surface area (Å²) in [7, 11) is 0. The van der Waals surface area contributed by atoms with E-state index in [1.807, 2.05) is 11.8 Å². The van der Waals surface area contributed by atoms with Gasteiger partial charge in [-0.3, -0.25) is 0 Å². The van der Waals surface area contributed by atoms with Crippen molar-refractivity contribution in [3.63, 3.8) is 0 Å². The van der Waals surface area contributed by atoms with E-state index in [1.165, 1.54) is 12.3 Å². The fourth-order valence-electron chi connectivity index (χ4n) is 2.48. The lowest BCUT2D eigenvalue weighted by atomic mass is 10.1. The second-order valence-electron chi connectivity index (χ2n) is 4.65. The van der Waals surface area contributed by atoms with E-state index in [-0.39, 0.29) is 18.4 Å². The van der Waals surface area contributed by atoms with Crippen LogP contribution in [0, 0.1) is 11.6 Å². The van der Waals surface area contributed by atoms with Gasteiger partial charge in [-0.1, -0.05) is 0 Å². The molecule has 0 unspecified atom stereocenters. The zero-order chi connectivity index (χ0) is 12.7. The summed E-state index contributed by atoms with van der Waals surface area (Å²) in [5.74, 6) is -1.15. The first kappa shape index (κ1) is 14.1. The van der Waals surface area contributed by atoms with Crippen LogP contribution in [0.5, 0.6) is 0 Å². The van der Waals surface area contributed by atoms with Crippen molar-refractivity contribution < 1.29 is 13.2 Å². The van der Waals surface area contributed by atoms with E-state index >= 15 is 0 Å². The molecule has 0 saturated carbocycles. The minimum atomic E-state index is -0.580. The van der Waals surface area contributed by atoms with Crippen LogP contribution in [0.25, 0.3) is 11.0 Å². The molecule has 1 aromatic carbocycles. The standard InChI is InChI=1S/C13H14F2N2O.ClH/c1-8-7-17(4-3-16-8)12-11(15)6-10(14)9-2-5-18-13(9)12;/h2,5-6,8,16H,3-4,7H2,1H3;1H/t8-;/m1./s1. The number of fused-ring (bicyclic) bond motifs is 1. The lowest BCUT2D eigenvalue weighted by Crippen LogP contribution is -2.49. The Labute approximate surface area is 116 Å². The summed E-state index contributed by atoms with van der Waals surface area (Å²) in [5, 5.41) is 3.62. The van der Waals surface area contributed by atoms with Crippen molar-refractivity contribution in [3.05, 3.63) is 30.0 Å². The van der Waals surface area contributed by atoms with Crippen LogP contribution in [0.2, 0.25) is 0 Å². The lowest BCUT2D eigenvalue weighted by molar-refractivity contribution is 0.476. The molecule has 0 aliphatic carbocycles. The van der Waals surface area contributed by atoms with E-state index < -0.39 is 11.6 Å². The molecule has 1 saturated heterocycles. The van der Waals surface area contributed by atoms with Crippen molar-refractivity contribution >= 4 is 29.1 Å². The highest BCUT2D eigenvalue weighted by Crippen LogP contribution is 2.33. The van der Waals surface area contributed by atoms with Gasteiger partial charge in [0.1, 0.15) is 11.5 Å². The van der Waals surface area contributed by atoms with Gasteiger partial charge in [-0.05, 0) is 13.0 Å². The Morgan fingerprint density at radius 3 is 2.89 bits per heavy atom. The van der Waals surface area contributed by atoms with E-state index in [4.69, 9.17) is 4.42 Å². The molecule has 0 bridgehead atoms. The van der Waals surface area contributed by atoms with Crippen molar-refractivity contribution in [2.75, 3.05) is 24.5 Å². The topological polar surface area (TPSA) is 28.4 Å². The summed E-state index contributed by atoms with van der Waals surface area (Å²) in [6.07, 6.45) is 1.39. The van der Waals surface area contributed by atoms with Gasteiger partial charge in [0, 0.05) is 31.7 Å². The second-order valence-corrected chi connectivity index (χ2v) is 4.65. The van der Waals surface area contributed by atoms with E-state index in [0.29, 0.717) is 29.7 Å². The number of halogens is 3. The number of hydrogen-bond acceptors (Lipinski definition) is 3. The molecule has 1 aromatic heterocycles. The molecule has 1 N–H and O–H groups in total. The van der Waals surface area contributed by atoms with E-state index in [2.05, 4.69) is 5.32 Å². The van der Waals surface area contributed by atoms with Crippen molar-refractivity contribution in [2.45, 2.75) is 13.0 Å². The third kappa shape index (κ3) is 2.40. The SMILES string of the molecule is C[C@@H]1CN(c2c(F)cc(F)c3ccoc23)CCN1.Cl. The van der Waals surface area contributed by atoms with Crippen molar-refractivity contribution in [1.29, 1.82) is 0 Å². The molecule has 0 amide bonds. The predicted octanol–water partition coefficient (Wildman–Crippen LogP) is 2.93. The molecule has 1 fully saturated rings. The fraction of sp³-hybridized carbons (Fsp3) is 0.385. The van der Waals surface area contributed by atoms with Gasteiger partial charge in [0.05, 0.1) is 11.6 Å². The number of nitrogens with zero attached hydrogens (tertiary/aromatic N) is 1. The van der Waals surface area contributed by atoms with Crippen LogP contribution < -0.4 is 10.2 Å². The maximum atomic E-state index is 14.0. The summed E-state index contributed by atoms with van der Waals surface area (Å²) in [6.45, 7) is 4.17. The predicted molar refractivity (Wildman–Crippen MR) is 73.1 cm³/mol. The minimum Gasteiger partial charge on any atom is -0.462 e. The smallest absolute Gasteiger partial charge is 0.163 e. The highest BCUT2D eigenvalue weighted by molar-refractivity contribution is 5.90. The maximum absolute atomic E-state index is 14.0. The highest BCUT2D eigenvalue weighted by atomic mass is 35.5. The average molecular weight is 289 g/mol. The molecule has 1 aliphatic heterocycles. The van der Waals surface area contributed by atoms with Gasteiger partial charge >= 0.3 is 0 Å². The molecular formula is C13H15ClF2N2O. The van der Waals surface area contributed by atoms with Crippen molar-refractivity contribution in [3.8, 4) is 0 Å². The maximum Gasteiger partial charge on any atom is 0.163 e. The first-order valence-corrected chi connectivity index (χ1v) is 6.00. The van der Waals surface area contributed by atoms with Gasteiger partial charge < -0.3 is 14.6 Å². The summed E-state index contributed by atoms with van der Waals surface area (Å²) in [6, 6.07) is 2.73. The highest BCUT2D eigenvalue weighted by Gasteiger charge is 2.24. The number of rotatable bonds is 1. The molecule has 3 nitrogen and oxygen atoms in total. The van der Waals surface area contributed by atoms with Gasteiger partial charge in [0.2, 0.25) is 0 Å². The third-order valence-corrected chi connectivity index (χ3v) is 3.30. The molecule has 104 valence electrons. The van der Waals surface area contributed by atoms with Crippen molar-refractivity contribution in [2.24, 2.45) is 0 Å². The zero-order valence-corrected chi connectivity index (χ0v) is 11.3. The van der Waals surface area contributed by atoms with E-state index in [1.54, 1.807) is 0 Å². The van der Waals surface area contributed by atoms with Gasteiger partial charge in [-0.15, -0.1) is 12.4 Å². The van der Waals surface area contributed by atoms with Gasteiger partial charge in [-0.25, -0.2) is 8.78 Å². The van der Waals surface area contributed by atoms with E-state index in [0.717, 1.165) is 12.6 Å². The Kier molecular flexibility index (Phi) is 3.96. The van der Waals surface area contributed by atoms with Crippen LogP contribution in [-0.4, -0.2) is 25.7 Å². The van der Waals surface area contributed by atoms with Crippen LogP contribution >= 0.6 is 12.4 Å². The molecule has 1 atom stereocenters. The van der Waals surface area contributed by atoms with Crippen LogP contribution in [-0.2, 0) is 0 Å². The Morgan fingerprint density at radius 1 is 1.37 bits per heavy atom. The monoisotopic (exact) mass is 288 g/mol. The largest absolute Gasteiger partial charge is 0.462 e. The Bertz CT molecular complexity index is 587. The minimum absolute atomic E-state index is 0. The first-order valence-electron chi connectivity index (χ1n) is 6.00. The van der Waals surface area contributed by atoms with E-state index in [9.17, 15) is 8.78 Å². The number of hydrogen-bond donors (Lipinski definition) is 1. The van der Waals surface area contributed by atoms with Crippen LogP contribution in [0.3, 0.4) is 0 Å². The number of nitrogens with one attached hydrogen (secondary N) is 1. The van der Waals surface area contributed by atoms with Crippen LogP contribution in [0.1, 0.15) is 6.92 Å². The Morgan fingerprint density at radius 2 is 2.16 bits per heavy atom. The molecule has 0 spiro atoms. The molecule has 19 heavy (non-hydrogen) atoms. The molecule has 0 radical (unpaired) electrons. The summed E-state index contributed by atoms with van der Waals surface area (Å²) < 4.78 is 32.8. The Balaban J connectivity index is 0.00000133. The lowest BCUT2D eigenvalue weighted by Gasteiger charge is -2.33. The van der Waals surface area contributed by atoms with Crippen molar-refractivity contribution in [1.82, 2.24) is 5.32 Å². The third-order valence-electron chi connectivity index (χ3n) is 3.30. The molecular weight excluding hydrogens is 274 g/mol. The molecule has 6 heteroatoms. The zero-order valence-electron chi connectivity index (χ0n) is 10.5. The molecule has 1 aliphatic rings. The van der Waals surface area contributed by atoms with Gasteiger partial charge in [-0.2, -0.15) is 0 Å². The van der Waals surface area contributed by atoms with Crippen LogP contribution in [0.15, 0.2) is 22.8 Å². The summed E-state index contributed by atoms with van der Waals surface area (Å²) in [4.78, 5) is 1.90. The fourth-order valence-corrected chi connectivity index (χ4v) is 2.48. The number of benzene rings is 1. The normalized spacial score (nSPS) is 19.5. The Hall–Kier alpha value is -1.33. The molecule has 3 rings (SSSR count). The van der Waals surface area contributed by atoms with Gasteiger partial charge in [0.25, 0.3) is 0 Å². The quantitative estimate of drug-likeness (QED) is 0.874. The second kappa shape index (κ2) is 5.35. The van der Waals surface area contributed by atoms with Gasteiger partial charge in [0.15, 0.2) is 11.4 Å². The molecule has 2 aromatic rings. The number of anilines is 1. The first-order chi connectivity index (χ1) is 8.66. The number of furan rings is 1. The van der Waals surface area contributed by atoms with Crippen LogP contribution in [0.4, 0.5) is 14.5 Å². The molecule has 2 heterocycles.